The third-order valence-electron chi connectivity index (χ3n) is 4.22. The summed E-state index contributed by atoms with van der Waals surface area (Å²) in [6.07, 6.45) is 6.46. The molecule has 4 rings (SSSR count). The Hall–Kier alpha value is -3.40. The van der Waals surface area contributed by atoms with Crippen LogP contribution in [0.5, 0.6) is 11.8 Å². The predicted molar refractivity (Wildman–Crippen MR) is 103 cm³/mol. The van der Waals surface area contributed by atoms with Gasteiger partial charge in [-0.25, -0.2) is 4.98 Å². The molecule has 1 aliphatic rings. The molecule has 3 heterocycles. The highest BCUT2D eigenvalue weighted by Crippen LogP contribution is 2.33. The van der Waals surface area contributed by atoms with E-state index in [0.717, 1.165) is 40.8 Å². The number of nitrogens with zero attached hydrogens (tertiary/aromatic N) is 5. The van der Waals surface area contributed by atoms with Gasteiger partial charge in [-0.05, 0) is 42.7 Å². The number of carbonyl (C=O) groups is 1. The molecule has 0 saturated carbocycles. The molecule has 142 valence electrons. The summed E-state index contributed by atoms with van der Waals surface area (Å²) in [6.45, 7) is 0.716. The van der Waals surface area contributed by atoms with Crippen LogP contribution >= 0.6 is 11.3 Å². The van der Waals surface area contributed by atoms with Crippen LogP contribution in [0.1, 0.15) is 19.3 Å². The van der Waals surface area contributed by atoms with Crippen molar-refractivity contribution in [2.45, 2.75) is 19.3 Å². The Morgan fingerprint density at radius 2 is 1.82 bits per heavy atom. The van der Waals surface area contributed by atoms with Crippen molar-refractivity contribution in [1.29, 1.82) is 0 Å². The lowest BCUT2D eigenvalue weighted by Crippen LogP contribution is -2.34. The van der Waals surface area contributed by atoms with E-state index in [9.17, 15) is 14.9 Å². The first-order valence-electron chi connectivity index (χ1n) is 8.61. The lowest BCUT2D eigenvalue weighted by atomic mass is 10.1. The number of hydrogen-bond acceptors (Lipinski definition) is 8. The third kappa shape index (κ3) is 3.81. The molecule has 0 N–H and O–H groups in total. The first kappa shape index (κ1) is 18.0. The van der Waals surface area contributed by atoms with Gasteiger partial charge in [-0.1, -0.05) is 11.3 Å². The van der Waals surface area contributed by atoms with Crippen molar-refractivity contribution in [3.8, 4) is 22.2 Å². The van der Waals surface area contributed by atoms with Gasteiger partial charge >= 0.3 is 11.7 Å². The molecule has 1 aromatic carbocycles. The molecule has 0 spiro atoms. The Morgan fingerprint density at radius 1 is 1.07 bits per heavy atom. The second-order valence-electron chi connectivity index (χ2n) is 6.12. The van der Waals surface area contributed by atoms with Crippen LogP contribution in [0.2, 0.25) is 0 Å². The molecule has 10 heteroatoms. The first-order valence-corrected chi connectivity index (χ1v) is 9.43. The van der Waals surface area contributed by atoms with Gasteiger partial charge in [0.1, 0.15) is 18.1 Å². The van der Waals surface area contributed by atoms with E-state index in [1.54, 1.807) is 23.2 Å². The topological polar surface area (TPSA) is 111 Å². The quantitative estimate of drug-likeness (QED) is 0.475. The van der Waals surface area contributed by atoms with Crippen molar-refractivity contribution in [1.82, 2.24) is 15.0 Å². The van der Waals surface area contributed by atoms with E-state index >= 15 is 0 Å². The first-order chi connectivity index (χ1) is 13.6. The summed E-state index contributed by atoms with van der Waals surface area (Å²) >= 11 is 1.48. The molecule has 1 amide bonds. The summed E-state index contributed by atoms with van der Waals surface area (Å²) in [6, 6.07) is 7.28. The molecule has 0 bridgehead atoms. The molecule has 9 nitrogen and oxygen atoms in total. The van der Waals surface area contributed by atoms with Gasteiger partial charge in [0, 0.05) is 19.2 Å². The number of hydrogen-bond donors (Lipinski definition) is 0. The lowest BCUT2D eigenvalue weighted by molar-refractivity contribution is -0.385. The van der Waals surface area contributed by atoms with E-state index < -0.39 is 4.92 Å². The number of amides is 1. The second-order valence-corrected chi connectivity index (χ2v) is 7.13. The van der Waals surface area contributed by atoms with E-state index in [4.69, 9.17) is 4.74 Å². The lowest BCUT2D eigenvalue weighted by Gasteiger charge is -2.23. The van der Waals surface area contributed by atoms with Gasteiger partial charge in [-0.15, -0.1) is 0 Å². The minimum Gasteiger partial charge on any atom is -0.424 e. The fourth-order valence-corrected chi connectivity index (χ4v) is 3.75. The number of piperidine rings is 1. The molecule has 2 aromatic heterocycles. The number of thiazole rings is 1. The smallest absolute Gasteiger partial charge is 0.322 e. The van der Waals surface area contributed by atoms with Crippen molar-refractivity contribution in [2.75, 3.05) is 11.4 Å². The number of anilines is 1. The summed E-state index contributed by atoms with van der Waals surface area (Å²) in [7, 11) is 0. The molecule has 1 aliphatic heterocycles. The van der Waals surface area contributed by atoms with E-state index in [2.05, 4.69) is 15.0 Å². The van der Waals surface area contributed by atoms with Crippen LogP contribution in [0.25, 0.3) is 10.4 Å². The molecule has 0 aliphatic carbocycles. The van der Waals surface area contributed by atoms with Gasteiger partial charge in [0.15, 0.2) is 5.13 Å². The highest BCUT2D eigenvalue weighted by molar-refractivity contribution is 7.19. The zero-order valence-electron chi connectivity index (χ0n) is 14.6. The number of aromatic nitrogens is 3. The number of rotatable bonds is 5. The molecule has 3 aromatic rings. The Bertz CT molecular complexity index is 1000. The molecular formula is C18H15N5O4S. The zero-order valence-corrected chi connectivity index (χ0v) is 15.5. The fourth-order valence-electron chi connectivity index (χ4n) is 2.78. The number of ether oxygens (including phenoxy) is 1. The van der Waals surface area contributed by atoms with Crippen molar-refractivity contribution < 1.29 is 14.5 Å². The summed E-state index contributed by atoms with van der Waals surface area (Å²) in [4.78, 5) is 36.8. The minimum atomic E-state index is -0.570. The average molecular weight is 397 g/mol. The number of carbonyl (C=O) groups excluding carboxylic acids is 1. The van der Waals surface area contributed by atoms with E-state index in [0.29, 0.717) is 18.7 Å². The van der Waals surface area contributed by atoms with Crippen molar-refractivity contribution in [3.63, 3.8) is 0 Å². The molecule has 28 heavy (non-hydrogen) atoms. The maximum absolute atomic E-state index is 12.0. The van der Waals surface area contributed by atoms with E-state index in [1.165, 1.54) is 11.3 Å². The standard InChI is InChI=1S/C18H15N5O4S/c24-16-3-1-2-8-22(16)18-21-11-15(28-18)12-4-6-14(7-5-12)27-17-19-9-13(10-20-17)23(25)26/h4-7,9-11H,1-3,8H2. The van der Waals surface area contributed by atoms with Crippen LogP contribution < -0.4 is 9.64 Å². The molecular weight excluding hydrogens is 382 g/mol. The number of benzene rings is 1. The molecule has 1 saturated heterocycles. The Labute approximate surface area is 163 Å². The van der Waals surface area contributed by atoms with Crippen LogP contribution in [0, 0.1) is 10.1 Å². The minimum absolute atomic E-state index is 0.0297. The van der Waals surface area contributed by atoms with Crippen LogP contribution in [-0.4, -0.2) is 32.3 Å². The summed E-state index contributed by atoms with van der Waals surface area (Å²) in [5.41, 5.74) is 0.751. The predicted octanol–water partition coefficient (Wildman–Crippen LogP) is 3.82. The largest absolute Gasteiger partial charge is 0.424 e. The van der Waals surface area contributed by atoms with Gasteiger partial charge in [-0.3, -0.25) is 19.8 Å². The van der Waals surface area contributed by atoms with E-state index in [-0.39, 0.29) is 17.6 Å². The van der Waals surface area contributed by atoms with Crippen molar-refractivity contribution >= 4 is 28.1 Å². The maximum Gasteiger partial charge on any atom is 0.322 e. The average Bonchev–Trinajstić information content (AvgIpc) is 3.19. The molecule has 0 atom stereocenters. The monoisotopic (exact) mass is 397 g/mol. The maximum atomic E-state index is 12.0. The van der Waals surface area contributed by atoms with E-state index in [1.807, 2.05) is 12.1 Å². The molecule has 0 radical (unpaired) electrons. The van der Waals surface area contributed by atoms with Gasteiger partial charge in [-0.2, -0.15) is 9.97 Å². The summed E-state index contributed by atoms with van der Waals surface area (Å²) < 4.78 is 5.51. The van der Waals surface area contributed by atoms with Gasteiger partial charge in [0.25, 0.3) is 0 Å². The summed E-state index contributed by atoms with van der Waals surface area (Å²) in [5, 5.41) is 11.3. The molecule has 1 fully saturated rings. The Kier molecular flexibility index (Phi) is 4.94. The Balaban J connectivity index is 1.46. The highest BCUT2D eigenvalue weighted by atomic mass is 32.1. The fraction of sp³-hybridized carbons (Fsp3) is 0.222. The third-order valence-corrected chi connectivity index (χ3v) is 5.29. The van der Waals surface area contributed by atoms with Crippen molar-refractivity contribution in [2.24, 2.45) is 0 Å². The molecule has 0 unspecified atom stereocenters. The highest BCUT2D eigenvalue weighted by Gasteiger charge is 2.22. The Morgan fingerprint density at radius 3 is 2.50 bits per heavy atom. The summed E-state index contributed by atoms with van der Waals surface area (Å²) in [5.74, 6) is 0.632. The van der Waals surface area contributed by atoms with Gasteiger partial charge < -0.3 is 4.74 Å². The van der Waals surface area contributed by atoms with Gasteiger partial charge in [0.05, 0.1) is 9.80 Å². The van der Waals surface area contributed by atoms with Crippen molar-refractivity contribution in [3.05, 3.63) is 53.0 Å². The van der Waals surface area contributed by atoms with Crippen LogP contribution in [0.15, 0.2) is 42.9 Å². The van der Waals surface area contributed by atoms with Crippen LogP contribution in [0.3, 0.4) is 0 Å². The SMILES string of the molecule is O=C1CCCCN1c1ncc(-c2ccc(Oc3ncc([N+](=O)[O-])cn3)cc2)s1. The number of nitro groups is 1. The van der Waals surface area contributed by atoms with Crippen LogP contribution in [-0.2, 0) is 4.79 Å². The van der Waals surface area contributed by atoms with Crippen LogP contribution in [0.4, 0.5) is 10.8 Å². The second kappa shape index (κ2) is 7.69. The zero-order chi connectivity index (χ0) is 19.5. The van der Waals surface area contributed by atoms with Gasteiger partial charge in [0.2, 0.25) is 5.91 Å². The normalized spacial score (nSPS) is 14.1.